The lowest BCUT2D eigenvalue weighted by Crippen LogP contribution is -2.41. The van der Waals surface area contributed by atoms with Gasteiger partial charge in [-0.1, -0.05) is 12.8 Å². The monoisotopic (exact) mass is 318 g/mol. The Morgan fingerprint density at radius 2 is 2.04 bits per heavy atom. The summed E-state index contributed by atoms with van der Waals surface area (Å²) < 4.78 is 0. The zero-order valence-corrected chi connectivity index (χ0v) is 13.3. The summed E-state index contributed by atoms with van der Waals surface area (Å²) in [6.07, 6.45) is 4.88. The number of H-pyrrole nitrogens is 1. The summed E-state index contributed by atoms with van der Waals surface area (Å²) in [7, 11) is 0. The molecule has 1 aromatic heterocycles. The number of aromatic nitrogens is 2. The van der Waals surface area contributed by atoms with Gasteiger partial charge in [0, 0.05) is 36.8 Å². The first-order valence-electron chi connectivity index (χ1n) is 8.20. The molecular weight excluding hydrogens is 296 g/mol. The van der Waals surface area contributed by atoms with Gasteiger partial charge in [0.05, 0.1) is 0 Å². The molecule has 0 unspecified atom stereocenters. The standard InChI is InChI=1S/C16H22N4O3/c1-10-8-13(21)14(19-18-10)16(23)20-7-6-12(9-20)17-15(22)11-4-2-3-5-11/h8,11-12H,2-7,9H2,1H3,(H,17,22)(H,18,21)/t12-/m1/s1. The average Bonchev–Trinajstić information content (AvgIpc) is 3.18. The number of nitrogens with one attached hydrogen (secondary N) is 2. The number of hydrogen-bond donors (Lipinski definition) is 2. The van der Waals surface area contributed by atoms with Gasteiger partial charge in [-0.3, -0.25) is 19.5 Å². The fourth-order valence-electron chi connectivity index (χ4n) is 3.37. The van der Waals surface area contributed by atoms with E-state index < -0.39 is 0 Å². The maximum Gasteiger partial charge on any atom is 0.278 e. The Labute approximate surface area is 134 Å². The lowest BCUT2D eigenvalue weighted by Gasteiger charge is -2.18. The Hall–Kier alpha value is -2.18. The molecule has 1 atom stereocenters. The Morgan fingerprint density at radius 3 is 2.74 bits per heavy atom. The van der Waals surface area contributed by atoms with E-state index in [1.807, 2.05) is 0 Å². The van der Waals surface area contributed by atoms with Crippen LogP contribution in [0.3, 0.4) is 0 Å². The van der Waals surface area contributed by atoms with E-state index in [1.165, 1.54) is 6.07 Å². The number of rotatable bonds is 3. The second-order valence-electron chi connectivity index (χ2n) is 6.49. The molecule has 1 aliphatic heterocycles. The van der Waals surface area contributed by atoms with Crippen molar-refractivity contribution < 1.29 is 9.59 Å². The van der Waals surface area contributed by atoms with Gasteiger partial charge in [0.2, 0.25) is 11.3 Å². The van der Waals surface area contributed by atoms with Crippen molar-refractivity contribution in [3.8, 4) is 0 Å². The highest BCUT2D eigenvalue weighted by Crippen LogP contribution is 2.25. The van der Waals surface area contributed by atoms with E-state index in [2.05, 4.69) is 15.5 Å². The van der Waals surface area contributed by atoms with E-state index >= 15 is 0 Å². The minimum atomic E-state index is -0.371. The number of likely N-dealkylation sites (tertiary alicyclic amines) is 1. The zero-order valence-electron chi connectivity index (χ0n) is 13.3. The van der Waals surface area contributed by atoms with Gasteiger partial charge in [-0.2, -0.15) is 5.10 Å². The Morgan fingerprint density at radius 1 is 1.30 bits per heavy atom. The fraction of sp³-hybridized carbons (Fsp3) is 0.625. The Kier molecular flexibility index (Phi) is 4.45. The molecule has 124 valence electrons. The van der Waals surface area contributed by atoms with Crippen molar-refractivity contribution in [2.24, 2.45) is 5.92 Å². The second kappa shape index (κ2) is 6.52. The molecule has 2 N–H and O–H groups in total. The number of carbonyl (C=O) groups excluding carboxylic acids is 2. The molecule has 2 aliphatic rings. The number of carbonyl (C=O) groups is 2. The third-order valence-electron chi connectivity index (χ3n) is 4.68. The maximum absolute atomic E-state index is 12.4. The maximum atomic E-state index is 12.4. The smallest absolute Gasteiger partial charge is 0.278 e. The molecule has 7 nitrogen and oxygen atoms in total. The summed E-state index contributed by atoms with van der Waals surface area (Å²) in [5, 5.41) is 9.56. The molecule has 23 heavy (non-hydrogen) atoms. The minimum absolute atomic E-state index is 0.0309. The van der Waals surface area contributed by atoms with Crippen molar-refractivity contribution in [2.75, 3.05) is 13.1 Å². The van der Waals surface area contributed by atoms with Crippen LogP contribution in [0.15, 0.2) is 10.9 Å². The van der Waals surface area contributed by atoms with E-state index in [4.69, 9.17) is 0 Å². The van der Waals surface area contributed by atoms with Gasteiger partial charge in [0.25, 0.3) is 5.91 Å². The van der Waals surface area contributed by atoms with Crippen LogP contribution in [0, 0.1) is 12.8 Å². The minimum Gasteiger partial charge on any atom is -0.351 e. The van der Waals surface area contributed by atoms with Gasteiger partial charge in [-0.15, -0.1) is 0 Å². The van der Waals surface area contributed by atoms with E-state index in [0.717, 1.165) is 25.7 Å². The van der Waals surface area contributed by atoms with Crippen LogP contribution in [0.1, 0.15) is 48.3 Å². The highest BCUT2D eigenvalue weighted by Gasteiger charge is 2.31. The first kappa shape index (κ1) is 15.7. The highest BCUT2D eigenvalue weighted by molar-refractivity contribution is 5.92. The molecule has 0 radical (unpaired) electrons. The molecule has 3 rings (SSSR count). The molecule has 1 saturated carbocycles. The van der Waals surface area contributed by atoms with Gasteiger partial charge in [0.1, 0.15) is 0 Å². The Bertz CT molecular complexity index is 664. The molecule has 1 aromatic rings. The number of hydrogen-bond acceptors (Lipinski definition) is 4. The third kappa shape index (κ3) is 3.43. The Balaban J connectivity index is 1.59. The molecule has 2 fully saturated rings. The molecule has 0 aromatic carbocycles. The average molecular weight is 318 g/mol. The summed E-state index contributed by atoms with van der Waals surface area (Å²) in [5.74, 6) is -0.140. The highest BCUT2D eigenvalue weighted by atomic mass is 16.2. The van der Waals surface area contributed by atoms with Crippen LogP contribution in [-0.4, -0.2) is 46.0 Å². The van der Waals surface area contributed by atoms with E-state index in [0.29, 0.717) is 25.2 Å². The van der Waals surface area contributed by atoms with Gasteiger partial charge >= 0.3 is 0 Å². The summed E-state index contributed by atoms with van der Waals surface area (Å²) >= 11 is 0. The van der Waals surface area contributed by atoms with Crippen LogP contribution >= 0.6 is 0 Å². The molecule has 7 heteroatoms. The quantitative estimate of drug-likeness (QED) is 0.853. The number of nitrogens with zero attached hydrogens (tertiary/aromatic N) is 2. The first-order chi connectivity index (χ1) is 11.0. The normalized spacial score (nSPS) is 21.6. The summed E-state index contributed by atoms with van der Waals surface area (Å²) in [6, 6.07) is 1.34. The van der Waals surface area contributed by atoms with Crippen molar-refractivity contribution in [3.63, 3.8) is 0 Å². The van der Waals surface area contributed by atoms with E-state index in [9.17, 15) is 14.4 Å². The van der Waals surface area contributed by atoms with Crippen LogP contribution in [0.2, 0.25) is 0 Å². The second-order valence-corrected chi connectivity index (χ2v) is 6.49. The van der Waals surface area contributed by atoms with Crippen molar-refractivity contribution >= 4 is 11.8 Å². The summed E-state index contributed by atoms with van der Waals surface area (Å²) in [4.78, 5) is 38.0. The summed E-state index contributed by atoms with van der Waals surface area (Å²) in [6.45, 7) is 2.68. The molecule has 1 aliphatic carbocycles. The van der Waals surface area contributed by atoms with Gasteiger partial charge in [-0.05, 0) is 26.2 Å². The predicted molar refractivity (Wildman–Crippen MR) is 84.0 cm³/mol. The van der Waals surface area contributed by atoms with Crippen LogP contribution in [0.25, 0.3) is 0 Å². The van der Waals surface area contributed by atoms with Crippen LogP contribution < -0.4 is 10.7 Å². The molecular formula is C16H22N4O3. The van der Waals surface area contributed by atoms with Crippen LogP contribution in [-0.2, 0) is 4.79 Å². The lowest BCUT2D eigenvalue weighted by molar-refractivity contribution is -0.125. The van der Waals surface area contributed by atoms with Crippen molar-refractivity contribution in [1.82, 2.24) is 20.4 Å². The first-order valence-corrected chi connectivity index (χ1v) is 8.20. The number of aryl methyl sites for hydroxylation is 1. The largest absolute Gasteiger partial charge is 0.351 e. The molecule has 2 heterocycles. The summed E-state index contributed by atoms with van der Waals surface area (Å²) in [5.41, 5.74) is 0.165. The molecule has 1 saturated heterocycles. The lowest BCUT2D eigenvalue weighted by atomic mass is 10.1. The fourth-order valence-corrected chi connectivity index (χ4v) is 3.37. The van der Waals surface area contributed by atoms with Crippen molar-refractivity contribution in [2.45, 2.75) is 45.1 Å². The van der Waals surface area contributed by atoms with Gasteiger partial charge in [-0.25, -0.2) is 0 Å². The van der Waals surface area contributed by atoms with Gasteiger partial charge in [0.15, 0.2) is 5.69 Å². The molecule has 0 spiro atoms. The third-order valence-corrected chi connectivity index (χ3v) is 4.68. The number of amides is 2. The molecule has 0 bridgehead atoms. The number of aromatic amines is 1. The predicted octanol–water partition coefficient (Wildman–Crippen LogP) is 0.599. The van der Waals surface area contributed by atoms with E-state index in [1.54, 1.807) is 11.8 Å². The van der Waals surface area contributed by atoms with Gasteiger partial charge < -0.3 is 10.2 Å². The molecule has 2 amide bonds. The van der Waals surface area contributed by atoms with Crippen LogP contribution in [0.5, 0.6) is 0 Å². The topological polar surface area (TPSA) is 95.2 Å². The van der Waals surface area contributed by atoms with Crippen LogP contribution in [0.4, 0.5) is 0 Å². The SMILES string of the molecule is Cc1cc(=O)c(C(=O)N2CC[C@@H](NC(=O)C3CCCC3)C2)n[nH]1. The van der Waals surface area contributed by atoms with E-state index in [-0.39, 0.29) is 34.9 Å². The van der Waals surface area contributed by atoms with Crippen molar-refractivity contribution in [1.29, 1.82) is 0 Å². The van der Waals surface area contributed by atoms with Crippen molar-refractivity contribution in [3.05, 3.63) is 27.7 Å². The zero-order chi connectivity index (χ0) is 16.4.